The molecule has 19 heavy (non-hydrogen) atoms. The highest BCUT2D eigenvalue weighted by Crippen LogP contribution is 2.08. The van der Waals surface area contributed by atoms with Gasteiger partial charge in [0.1, 0.15) is 5.82 Å². The maximum atomic E-state index is 11.7. The van der Waals surface area contributed by atoms with Crippen molar-refractivity contribution in [3.05, 3.63) is 53.4 Å². The van der Waals surface area contributed by atoms with E-state index < -0.39 is 5.97 Å². The van der Waals surface area contributed by atoms with Crippen molar-refractivity contribution in [1.29, 1.82) is 0 Å². The van der Waals surface area contributed by atoms with Gasteiger partial charge in [-0.05, 0) is 26.0 Å². The van der Waals surface area contributed by atoms with Crippen LogP contribution in [0.2, 0.25) is 0 Å². The smallest absolute Gasteiger partial charge is 0.357 e. The Hall–Kier alpha value is -2.30. The van der Waals surface area contributed by atoms with Crippen molar-refractivity contribution in [2.75, 3.05) is 6.61 Å². The first kappa shape index (κ1) is 13.1. The molecule has 5 heteroatoms. The summed E-state index contributed by atoms with van der Waals surface area (Å²) in [5.41, 5.74) is 1.90. The number of rotatable bonds is 4. The number of hydrogen-bond acceptors (Lipinski definition) is 5. The Labute approximate surface area is 111 Å². The minimum Gasteiger partial charge on any atom is -0.461 e. The Morgan fingerprint density at radius 1 is 1.32 bits per heavy atom. The van der Waals surface area contributed by atoms with E-state index in [9.17, 15) is 4.79 Å². The fraction of sp³-hybridized carbons (Fsp3) is 0.286. The normalized spacial score (nSPS) is 10.2. The lowest BCUT2D eigenvalue weighted by Gasteiger charge is -2.06. The maximum Gasteiger partial charge on any atom is 0.357 e. The molecule has 2 rings (SSSR count). The molecule has 0 saturated carbocycles. The van der Waals surface area contributed by atoms with E-state index in [1.807, 2.05) is 18.2 Å². The third kappa shape index (κ3) is 3.34. The average molecular weight is 257 g/mol. The first-order chi connectivity index (χ1) is 9.20. The van der Waals surface area contributed by atoms with Gasteiger partial charge in [0.05, 0.1) is 13.0 Å². The summed E-state index contributed by atoms with van der Waals surface area (Å²) in [7, 11) is 0. The molecule has 0 aliphatic carbocycles. The second kappa shape index (κ2) is 6.04. The van der Waals surface area contributed by atoms with Crippen molar-refractivity contribution in [3.63, 3.8) is 0 Å². The van der Waals surface area contributed by atoms with Gasteiger partial charge < -0.3 is 4.74 Å². The minimum atomic E-state index is -0.412. The summed E-state index contributed by atoms with van der Waals surface area (Å²) in [4.78, 5) is 24.4. The topological polar surface area (TPSA) is 65.0 Å². The molecule has 0 atom stereocenters. The number of aryl methyl sites for hydroxylation is 1. The van der Waals surface area contributed by atoms with Gasteiger partial charge in [0, 0.05) is 23.7 Å². The summed E-state index contributed by atoms with van der Waals surface area (Å²) in [6.07, 6.45) is 3.85. The van der Waals surface area contributed by atoms with Crippen LogP contribution in [-0.2, 0) is 11.2 Å². The number of aromatic nitrogens is 3. The molecule has 0 amide bonds. The molecule has 0 saturated heterocycles. The molecule has 0 aromatic carbocycles. The van der Waals surface area contributed by atoms with Crippen molar-refractivity contribution >= 4 is 5.97 Å². The van der Waals surface area contributed by atoms with Gasteiger partial charge in [-0.15, -0.1) is 0 Å². The number of ether oxygens (including phenoxy) is 1. The fourth-order valence-corrected chi connectivity index (χ4v) is 1.63. The van der Waals surface area contributed by atoms with Crippen LogP contribution in [0.4, 0.5) is 0 Å². The molecule has 0 fully saturated rings. The van der Waals surface area contributed by atoms with Crippen LogP contribution in [0.25, 0.3) is 0 Å². The number of hydrogen-bond donors (Lipinski definition) is 0. The Balaban J connectivity index is 2.23. The van der Waals surface area contributed by atoms with Crippen LogP contribution in [0.5, 0.6) is 0 Å². The van der Waals surface area contributed by atoms with Crippen LogP contribution >= 0.6 is 0 Å². The molecule has 98 valence electrons. The zero-order chi connectivity index (χ0) is 13.7. The van der Waals surface area contributed by atoms with Crippen LogP contribution < -0.4 is 0 Å². The molecular weight excluding hydrogens is 242 g/mol. The Bertz CT molecular complexity index is 570. The number of nitrogens with zero attached hydrogens (tertiary/aromatic N) is 3. The maximum absolute atomic E-state index is 11.7. The lowest BCUT2D eigenvalue weighted by Crippen LogP contribution is -2.12. The van der Waals surface area contributed by atoms with Crippen LogP contribution in [-0.4, -0.2) is 27.5 Å². The van der Waals surface area contributed by atoms with Crippen LogP contribution in [0, 0.1) is 6.92 Å². The van der Waals surface area contributed by atoms with Crippen LogP contribution in [0.1, 0.15) is 34.5 Å². The zero-order valence-electron chi connectivity index (χ0n) is 11.0. The van der Waals surface area contributed by atoms with Gasteiger partial charge in [0.15, 0.2) is 5.69 Å². The Morgan fingerprint density at radius 2 is 2.16 bits per heavy atom. The summed E-state index contributed by atoms with van der Waals surface area (Å²) in [5.74, 6) is 0.150. The van der Waals surface area contributed by atoms with E-state index in [4.69, 9.17) is 4.74 Å². The first-order valence-corrected chi connectivity index (χ1v) is 6.10. The van der Waals surface area contributed by atoms with E-state index in [-0.39, 0.29) is 0 Å². The predicted octanol–water partition coefficient (Wildman–Crippen LogP) is 1.95. The summed E-state index contributed by atoms with van der Waals surface area (Å²) in [6, 6.07) is 5.65. The third-order valence-corrected chi connectivity index (χ3v) is 2.56. The van der Waals surface area contributed by atoms with Gasteiger partial charge in [-0.3, -0.25) is 4.98 Å². The highest BCUT2D eigenvalue weighted by atomic mass is 16.5. The van der Waals surface area contributed by atoms with Crippen molar-refractivity contribution in [2.24, 2.45) is 0 Å². The lowest BCUT2D eigenvalue weighted by atomic mass is 10.2. The highest BCUT2D eigenvalue weighted by Gasteiger charge is 2.13. The van der Waals surface area contributed by atoms with E-state index >= 15 is 0 Å². The van der Waals surface area contributed by atoms with E-state index in [1.54, 1.807) is 26.2 Å². The largest absolute Gasteiger partial charge is 0.461 e. The molecule has 0 N–H and O–H groups in total. The molecular formula is C14H15N3O2. The van der Waals surface area contributed by atoms with E-state index in [1.165, 1.54) is 0 Å². The highest BCUT2D eigenvalue weighted by molar-refractivity contribution is 5.88. The SMILES string of the molecule is CCOC(=O)c1nc(Cc2ccccn2)ncc1C. The fourth-order valence-electron chi connectivity index (χ4n) is 1.63. The number of carbonyl (C=O) groups excluding carboxylic acids is 1. The van der Waals surface area contributed by atoms with Gasteiger partial charge in [0.25, 0.3) is 0 Å². The first-order valence-electron chi connectivity index (χ1n) is 6.10. The van der Waals surface area contributed by atoms with Crippen molar-refractivity contribution < 1.29 is 9.53 Å². The number of carbonyl (C=O) groups is 1. The molecule has 0 radical (unpaired) electrons. The van der Waals surface area contributed by atoms with Crippen molar-refractivity contribution in [2.45, 2.75) is 20.3 Å². The monoisotopic (exact) mass is 257 g/mol. The van der Waals surface area contributed by atoms with E-state index in [0.29, 0.717) is 30.1 Å². The molecule has 0 spiro atoms. The van der Waals surface area contributed by atoms with Crippen molar-refractivity contribution in [3.8, 4) is 0 Å². The molecule has 5 nitrogen and oxygen atoms in total. The minimum absolute atomic E-state index is 0.322. The molecule has 2 aromatic rings. The van der Waals surface area contributed by atoms with E-state index in [0.717, 1.165) is 5.69 Å². The molecule has 0 bridgehead atoms. The van der Waals surface area contributed by atoms with Gasteiger partial charge in [-0.1, -0.05) is 6.07 Å². The summed E-state index contributed by atoms with van der Waals surface area (Å²) >= 11 is 0. The predicted molar refractivity (Wildman–Crippen MR) is 69.8 cm³/mol. The van der Waals surface area contributed by atoms with Gasteiger partial charge in [-0.2, -0.15) is 0 Å². The average Bonchev–Trinajstić information content (AvgIpc) is 2.42. The summed E-state index contributed by atoms with van der Waals surface area (Å²) < 4.78 is 4.97. The van der Waals surface area contributed by atoms with Crippen LogP contribution in [0.15, 0.2) is 30.6 Å². The molecule has 0 unspecified atom stereocenters. The number of pyridine rings is 1. The third-order valence-electron chi connectivity index (χ3n) is 2.56. The standard InChI is InChI=1S/C14H15N3O2/c1-3-19-14(18)13-10(2)9-16-12(17-13)8-11-6-4-5-7-15-11/h4-7,9H,3,8H2,1-2H3. The summed E-state index contributed by atoms with van der Waals surface area (Å²) in [6.45, 7) is 3.89. The van der Waals surface area contributed by atoms with Crippen molar-refractivity contribution in [1.82, 2.24) is 15.0 Å². The van der Waals surface area contributed by atoms with Crippen LogP contribution in [0.3, 0.4) is 0 Å². The van der Waals surface area contributed by atoms with Gasteiger partial charge >= 0.3 is 5.97 Å². The quantitative estimate of drug-likeness (QED) is 0.783. The number of esters is 1. The molecule has 0 aliphatic rings. The Kier molecular flexibility index (Phi) is 4.18. The zero-order valence-corrected chi connectivity index (χ0v) is 11.0. The Morgan fingerprint density at radius 3 is 2.84 bits per heavy atom. The second-order valence-corrected chi connectivity index (χ2v) is 4.04. The van der Waals surface area contributed by atoms with Gasteiger partial charge in [-0.25, -0.2) is 14.8 Å². The summed E-state index contributed by atoms with van der Waals surface area (Å²) in [5, 5.41) is 0. The lowest BCUT2D eigenvalue weighted by molar-refractivity contribution is 0.0518. The second-order valence-electron chi connectivity index (χ2n) is 4.04. The van der Waals surface area contributed by atoms with Gasteiger partial charge in [0.2, 0.25) is 0 Å². The molecule has 0 aliphatic heterocycles. The van der Waals surface area contributed by atoms with E-state index in [2.05, 4.69) is 15.0 Å². The molecule has 2 heterocycles. The molecule has 2 aromatic heterocycles.